The molecule has 0 saturated carbocycles. The van der Waals surface area contributed by atoms with Crippen LogP contribution < -0.4 is 5.32 Å². The van der Waals surface area contributed by atoms with Crippen LogP contribution in [0.2, 0.25) is 0 Å². The number of urea groups is 1. The minimum atomic E-state index is -3.06. The van der Waals surface area contributed by atoms with Crippen LogP contribution in [-0.4, -0.2) is 42.9 Å². The molecule has 0 aliphatic carbocycles. The summed E-state index contributed by atoms with van der Waals surface area (Å²) in [5, 5.41) is 4.36. The van der Waals surface area contributed by atoms with Crippen molar-refractivity contribution in [3.05, 3.63) is 21.9 Å². The van der Waals surface area contributed by atoms with Crippen LogP contribution in [-0.2, 0) is 16.4 Å². The number of hydrogen-bond donors (Lipinski definition) is 1. The first-order valence-corrected chi connectivity index (χ1v) is 9.21. The van der Waals surface area contributed by atoms with Crippen LogP contribution >= 0.6 is 11.3 Å². The summed E-state index contributed by atoms with van der Waals surface area (Å²) < 4.78 is 23.6. The standard InChI is InChI=1S/C13H20N2O3S2/c1-9-4-6-19-12(9)8-14-13(16)15-5-7-20(17,18)11(3)10(15)2/h4,6,10-11H,5,7-8H2,1-3H3,(H,14,16)/t10-,11-/m0/s1. The van der Waals surface area contributed by atoms with Crippen LogP contribution in [0, 0.1) is 6.92 Å². The Morgan fingerprint density at radius 3 is 2.80 bits per heavy atom. The average Bonchev–Trinajstić information content (AvgIpc) is 2.79. The van der Waals surface area contributed by atoms with Crippen molar-refractivity contribution in [2.24, 2.45) is 0 Å². The molecule has 0 aromatic carbocycles. The lowest BCUT2D eigenvalue weighted by atomic mass is 10.2. The number of aryl methyl sites for hydroxylation is 1. The summed E-state index contributed by atoms with van der Waals surface area (Å²) >= 11 is 1.61. The van der Waals surface area contributed by atoms with Gasteiger partial charge in [-0.05, 0) is 37.8 Å². The predicted molar refractivity (Wildman–Crippen MR) is 80.7 cm³/mol. The van der Waals surface area contributed by atoms with E-state index in [-0.39, 0.29) is 24.4 Å². The SMILES string of the molecule is Cc1ccsc1CNC(=O)N1CCS(=O)(=O)[C@@H](C)[C@@H]1C. The van der Waals surface area contributed by atoms with Gasteiger partial charge in [0.15, 0.2) is 9.84 Å². The van der Waals surface area contributed by atoms with Gasteiger partial charge >= 0.3 is 6.03 Å². The van der Waals surface area contributed by atoms with Crippen molar-refractivity contribution in [1.82, 2.24) is 10.2 Å². The van der Waals surface area contributed by atoms with Crippen molar-refractivity contribution in [3.63, 3.8) is 0 Å². The van der Waals surface area contributed by atoms with Crippen molar-refractivity contribution in [2.45, 2.75) is 38.6 Å². The Morgan fingerprint density at radius 2 is 2.20 bits per heavy atom. The summed E-state index contributed by atoms with van der Waals surface area (Å²) in [6, 6.07) is 1.54. The van der Waals surface area contributed by atoms with Gasteiger partial charge in [-0.3, -0.25) is 0 Å². The number of thiophene rings is 1. The van der Waals surface area contributed by atoms with Gasteiger partial charge in [0.25, 0.3) is 0 Å². The third-order valence-electron chi connectivity index (χ3n) is 3.98. The molecule has 20 heavy (non-hydrogen) atoms. The highest BCUT2D eigenvalue weighted by Crippen LogP contribution is 2.20. The normalized spacial score (nSPS) is 25.4. The molecule has 1 N–H and O–H groups in total. The molecule has 112 valence electrons. The topological polar surface area (TPSA) is 66.5 Å². The maximum Gasteiger partial charge on any atom is 0.318 e. The minimum Gasteiger partial charge on any atom is -0.333 e. The van der Waals surface area contributed by atoms with E-state index in [1.807, 2.05) is 18.4 Å². The lowest BCUT2D eigenvalue weighted by Gasteiger charge is -2.37. The predicted octanol–water partition coefficient (Wildman–Crippen LogP) is 1.77. The van der Waals surface area contributed by atoms with Crippen molar-refractivity contribution >= 4 is 27.2 Å². The van der Waals surface area contributed by atoms with Crippen molar-refractivity contribution in [3.8, 4) is 0 Å². The lowest BCUT2D eigenvalue weighted by molar-refractivity contribution is 0.178. The molecule has 1 aliphatic heterocycles. The van der Waals surface area contributed by atoms with Crippen molar-refractivity contribution in [2.75, 3.05) is 12.3 Å². The smallest absolute Gasteiger partial charge is 0.318 e. The molecular weight excluding hydrogens is 296 g/mol. The molecule has 0 unspecified atom stereocenters. The Kier molecular flexibility index (Phi) is 4.39. The quantitative estimate of drug-likeness (QED) is 0.904. The number of rotatable bonds is 2. The number of hydrogen-bond acceptors (Lipinski definition) is 4. The Bertz CT molecular complexity index is 595. The van der Waals surface area contributed by atoms with Crippen LogP contribution in [0.5, 0.6) is 0 Å². The van der Waals surface area contributed by atoms with Gasteiger partial charge in [-0.2, -0.15) is 0 Å². The van der Waals surface area contributed by atoms with Crippen molar-refractivity contribution in [1.29, 1.82) is 0 Å². The molecule has 1 aromatic rings. The van der Waals surface area contributed by atoms with E-state index in [9.17, 15) is 13.2 Å². The van der Waals surface area contributed by atoms with Crippen LogP contribution in [0.3, 0.4) is 0 Å². The maximum absolute atomic E-state index is 12.2. The molecule has 0 bridgehead atoms. The molecule has 2 rings (SSSR count). The zero-order chi connectivity index (χ0) is 14.9. The summed E-state index contributed by atoms with van der Waals surface area (Å²) in [4.78, 5) is 14.9. The van der Waals surface area contributed by atoms with Gasteiger partial charge in [0, 0.05) is 17.5 Å². The second kappa shape index (κ2) is 5.73. The van der Waals surface area contributed by atoms with E-state index in [0.29, 0.717) is 6.54 Å². The Labute approximate surface area is 123 Å². The average molecular weight is 316 g/mol. The number of nitrogens with one attached hydrogen (secondary N) is 1. The third-order valence-corrected chi connectivity index (χ3v) is 7.28. The number of sulfone groups is 1. The van der Waals surface area contributed by atoms with Crippen LogP contribution in [0.4, 0.5) is 4.79 Å². The summed E-state index contributed by atoms with van der Waals surface area (Å²) in [5.74, 6) is 0.0456. The molecule has 2 heterocycles. The van der Waals surface area contributed by atoms with E-state index in [4.69, 9.17) is 0 Å². The van der Waals surface area contributed by atoms with Gasteiger partial charge < -0.3 is 10.2 Å². The molecule has 1 aliphatic rings. The molecule has 5 nitrogen and oxygen atoms in total. The highest BCUT2D eigenvalue weighted by atomic mass is 32.2. The van der Waals surface area contributed by atoms with Gasteiger partial charge in [0.1, 0.15) is 0 Å². The molecular formula is C13H20N2O3S2. The summed E-state index contributed by atoms with van der Waals surface area (Å²) in [5.41, 5.74) is 1.16. The number of carbonyl (C=O) groups excluding carboxylic acids is 1. The van der Waals surface area contributed by atoms with E-state index in [0.717, 1.165) is 10.4 Å². The highest BCUT2D eigenvalue weighted by Gasteiger charge is 2.37. The lowest BCUT2D eigenvalue weighted by Crippen LogP contribution is -2.56. The third kappa shape index (κ3) is 2.98. The highest BCUT2D eigenvalue weighted by molar-refractivity contribution is 7.92. The molecule has 2 atom stereocenters. The Balaban J connectivity index is 1.98. The molecule has 1 saturated heterocycles. The minimum absolute atomic E-state index is 0.0456. The number of amides is 2. The zero-order valence-electron chi connectivity index (χ0n) is 11.9. The fraction of sp³-hybridized carbons (Fsp3) is 0.615. The summed E-state index contributed by atoms with van der Waals surface area (Å²) in [6.07, 6.45) is 0. The monoisotopic (exact) mass is 316 g/mol. The first kappa shape index (κ1) is 15.3. The molecule has 0 radical (unpaired) electrons. The van der Waals surface area contributed by atoms with Gasteiger partial charge in [-0.25, -0.2) is 13.2 Å². The fourth-order valence-corrected chi connectivity index (χ4v) is 4.71. The number of carbonyl (C=O) groups is 1. The Hall–Kier alpha value is -1.08. The maximum atomic E-state index is 12.2. The molecule has 7 heteroatoms. The van der Waals surface area contributed by atoms with Gasteiger partial charge in [0.2, 0.25) is 0 Å². The molecule has 1 fully saturated rings. The van der Waals surface area contributed by atoms with Gasteiger partial charge in [-0.1, -0.05) is 0 Å². The van der Waals surface area contributed by atoms with Crippen LogP contribution in [0.25, 0.3) is 0 Å². The molecule has 2 amide bonds. The van der Waals surface area contributed by atoms with E-state index >= 15 is 0 Å². The van der Waals surface area contributed by atoms with E-state index in [1.165, 1.54) is 0 Å². The largest absolute Gasteiger partial charge is 0.333 e. The number of nitrogens with zero attached hydrogens (tertiary/aromatic N) is 1. The van der Waals surface area contributed by atoms with Crippen LogP contribution in [0.15, 0.2) is 11.4 Å². The summed E-state index contributed by atoms with van der Waals surface area (Å²) in [7, 11) is -3.06. The van der Waals surface area contributed by atoms with E-state index in [2.05, 4.69) is 5.32 Å². The summed E-state index contributed by atoms with van der Waals surface area (Å²) in [6.45, 7) is 6.23. The fourth-order valence-electron chi connectivity index (χ4n) is 2.30. The first-order chi connectivity index (χ1) is 9.33. The van der Waals surface area contributed by atoms with E-state index < -0.39 is 15.1 Å². The van der Waals surface area contributed by atoms with Gasteiger partial charge in [0.05, 0.1) is 17.5 Å². The van der Waals surface area contributed by atoms with Gasteiger partial charge in [-0.15, -0.1) is 11.3 Å². The van der Waals surface area contributed by atoms with Crippen LogP contribution in [0.1, 0.15) is 24.3 Å². The first-order valence-electron chi connectivity index (χ1n) is 6.62. The zero-order valence-corrected chi connectivity index (χ0v) is 13.6. The molecule has 1 aromatic heterocycles. The second-order valence-corrected chi connectivity index (χ2v) is 8.67. The second-order valence-electron chi connectivity index (χ2n) is 5.19. The molecule has 0 spiro atoms. The van der Waals surface area contributed by atoms with Crippen molar-refractivity contribution < 1.29 is 13.2 Å². The van der Waals surface area contributed by atoms with E-state index in [1.54, 1.807) is 30.1 Å². The Morgan fingerprint density at radius 1 is 1.50 bits per heavy atom.